The summed E-state index contributed by atoms with van der Waals surface area (Å²) in [5.74, 6) is 0.595. The highest BCUT2D eigenvalue weighted by Gasteiger charge is 2.11. The van der Waals surface area contributed by atoms with Gasteiger partial charge in [0.1, 0.15) is 0 Å². The summed E-state index contributed by atoms with van der Waals surface area (Å²) in [4.78, 5) is 1.40. The Morgan fingerprint density at radius 2 is 2.14 bits per heavy atom. The van der Waals surface area contributed by atoms with Crippen molar-refractivity contribution in [3.63, 3.8) is 0 Å². The standard InChI is InChI=1S/C11H13N2S/c1-9(2)10-5-6-11(14-10)13-8-4-3-7-12-13/h3-9H,1-2H3/q+1. The molecule has 0 aliphatic rings. The fourth-order valence-electron chi connectivity index (χ4n) is 1.24. The van der Waals surface area contributed by atoms with E-state index in [2.05, 4.69) is 31.1 Å². The van der Waals surface area contributed by atoms with Gasteiger partial charge in [0.05, 0.1) is 6.20 Å². The van der Waals surface area contributed by atoms with Gasteiger partial charge < -0.3 is 0 Å². The Hall–Kier alpha value is -1.22. The van der Waals surface area contributed by atoms with Crippen molar-refractivity contribution >= 4 is 11.3 Å². The summed E-state index contributed by atoms with van der Waals surface area (Å²) < 4.78 is 1.90. The number of hydrogen-bond acceptors (Lipinski definition) is 2. The third-order valence-electron chi connectivity index (χ3n) is 2.02. The van der Waals surface area contributed by atoms with Crippen LogP contribution in [0.2, 0.25) is 0 Å². The molecule has 0 fully saturated rings. The second-order valence-corrected chi connectivity index (χ2v) is 4.57. The van der Waals surface area contributed by atoms with E-state index in [1.54, 1.807) is 17.5 Å². The second-order valence-electron chi connectivity index (χ2n) is 3.47. The molecule has 0 aliphatic carbocycles. The van der Waals surface area contributed by atoms with Crippen molar-refractivity contribution in [1.29, 1.82) is 0 Å². The zero-order chi connectivity index (χ0) is 9.97. The van der Waals surface area contributed by atoms with Crippen molar-refractivity contribution in [2.45, 2.75) is 19.8 Å². The molecule has 0 N–H and O–H groups in total. The Bertz CT molecular complexity index is 406. The third kappa shape index (κ3) is 1.82. The normalized spacial score (nSPS) is 10.8. The van der Waals surface area contributed by atoms with Gasteiger partial charge in [0.15, 0.2) is 0 Å². The van der Waals surface area contributed by atoms with Crippen LogP contribution in [0.25, 0.3) is 5.00 Å². The molecular formula is C11H13N2S+. The first-order valence-electron chi connectivity index (χ1n) is 4.70. The minimum absolute atomic E-state index is 0.595. The average Bonchev–Trinajstić information content (AvgIpc) is 2.68. The Morgan fingerprint density at radius 1 is 1.29 bits per heavy atom. The monoisotopic (exact) mass is 205 g/mol. The maximum Gasteiger partial charge on any atom is 0.293 e. The number of thiophene rings is 1. The highest BCUT2D eigenvalue weighted by molar-refractivity contribution is 7.14. The van der Waals surface area contributed by atoms with Crippen LogP contribution in [0, 0.1) is 0 Å². The Labute approximate surface area is 87.8 Å². The second kappa shape index (κ2) is 3.88. The zero-order valence-corrected chi connectivity index (χ0v) is 9.16. The predicted octanol–water partition coefficient (Wildman–Crippen LogP) is 2.54. The Kier molecular flexibility index (Phi) is 2.59. The molecule has 0 aliphatic heterocycles. The van der Waals surface area contributed by atoms with E-state index < -0.39 is 0 Å². The molecule has 2 heterocycles. The van der Waals surface area contributed by atoms with E-state index in [4.69, 9.17) is 0 Å². The fourth-order valence-corrected chi connectivity index (χ4v) is 2.19. The predicted molar refractivity (Wildman–Crippen MR) is 57.7 cm³/mol. The summed E-state index contributed by atoms with van der Waals surface area (Å²) in [7, 11) is 0. The summed E-state index contributed by atoms with van der Waals surface area (Å²) in [6.07, 6.45) is 3.77. The van der Waals surface area contributed by atoms with Gasteiger partial charge in [0, 0.05) is 17.0 Å². The molecule has 0 bridgehead atoms. The van der Waals surface area contributed by atoms with Crippen LogP contribution in [0.4, 0.5) is 0 Å². The number of hydrogen-bond donors (Lipinski definition) is 0. The first-order chi connectivity index (χ1) is 6.77. The molecule has 0 spiro atoms. The minimum atomic E-state index is 0.595. The average molecular weight is 205 g/mol. The van der Waals surface area contributed by atoms with Crippen LogP contribution < -0.4 is 4.68 Å². The highest BCUT2D eigenvalue weighted by Crippen LogP contribution is 2.23. The van der Waals surface area contributed by atoms with Crippen molar-refractivity contribution < 1.29 is 4.68 Å². The van der Waals surface area contributed by atoms with Crippen LogP contribution >= 0.6 is 11.3 Å². The molecule has 0 unspecified atom stereocenters. The molecule has 2 aromatic heterocycles. The van der Waals surface area contributed by atoms with E-state index in [0.29, 0.717) is 5.92 Å². The van der Waals surface area contributed by atoms with Crippen LogP contribution in [0.3, 0.4) is 0 Å². The summed E-state index contributed by atoms with van der Waals surface area (Å²) in [6.45, 7) is 4.41. The molecule has 2 aromatic rings. The van der Waals surface area contributed by atoms with Gasteiger partial charge in [-0.2, -0.15) is 0 Å². The Morgan fingerprint density at radius 3 is 2.71 bits per heavy atom. The maximum atomic E-state index is 4.25. The molecular weight excluding hydrogens is 192 g/mol. The third-order valence-corrected chi connectivity index (χ3v) is 3.40. The minimum Gasteiger partial charge on any atom is -0.0707 e. The van der Waals surface area contributed by atoms with E-state index in [9.17, 15) is 0 Å². The molecule has 72 valence electrons. The summed E-state index contributed by atoms with van der Waals surface area (Å²) in [5.41, 5.74) is 0. The van der Waals surface area contributed by atoms with E-state index in [-0.39, 0.29) is 0 Å². The quantitative estimate of drug-likeness (QED) is 0.688. The molecule has 0 amide bonds. The molecule has 0 atom stereocenters. The van der Waals surface area contributed by atoms with Crippen LogP contribution in [0.5, 0.6) is 0 Å². The van der Waals surface area contributed by atoms with Crippen molar-refractivity contribution in [2.75, 3.05) is 0 Å². The highest BCUT2D eigenvalue weighted by atomic mass is 32.1. The smallest absolute Gasteiger partial charge is 0.0707 e. The number of nitrogens with zero attached hydrogens (tertiary/aromatic N) is 2. The van der Waals surface area contributed by atoms with Gasteiger partial charge in [-0.1, -0.05) is 25.2 Å². The lowest BCUT2D eigenvalue weighted by Crippen LogP contribution is -2.32. The largest absolute Gasteiger partial charge is 0.293 e. The lowest BCUT2D eigenvalue weighted by atomic mass is 10.2. The maximum absolute atomic E-state index is 4.25. The summed E-state index contributed by atoms with van der Waals surface area (Å²) in [6, 6.07) is 8.20. The van der Waals surface area contributed by atoms with Crippen molar-refractivity contribution in [1.82, 2.24) is 5.10 Å². The van der Waals surface area contributed by atoms with Crippen molar-refractivity contribution in [3.8, 4) is 5.00 Å². The van der Waals surface area contributed by atoms with Crippen LogP contribution in [-0.4, -0.2) is 5.10 Å². The lowest BCUT2D eigenvalue weighted by molar-refractivity contribution is -0.656. The van der Waals surface area contributed by atoms with Gasteiger partial charge in [-0.3, -0.25) is 0 Å². The molecule has 2 rings (SSSR count). The SMILES string of the molecule is CC(C)c1ccc(-[n+]2ccccn2)s1. The van der Waals surface area contributed by atoms with Gasteiger partial charge >= 0.3 is 0 Å². The molecule has 0 saturated heterocycles. The van der Waals surface area contributed by atoms with Crippen molar-refractivity contribution in [2.24, 2.45) is 0 Å². The van der Waals surface area contributed by atoms with Crippen molar-refractivity contribution in [3.05, 3.63) is 41.5 Å². The molecule has 14 heavy (non-hydrogen) atoms. The first-order valence-corrected chi connectivity index (χ1v) is 5.52. The molecule has 0 saturated carbocycles. The molecule has 0 aromatic carbocycles. The topological polar surface area (TPSA) is 16.8 Å². The molecule has 2 nitrogen and oxygen atoms in total. The Balaban J connectivity index is 2.34. The number of aromatic nitrogens is 2. The number of rotatable bonds is 2. The van der Waals surface area contributed by atoms with Gasteiger partial charge in [-0.15, -0.1) is 0 Å². The first kappa shape index (κ1) is 9.34. The van der Waals surface area contributed by atoms with Crippen LogP contribution in [0.15, 0.2) is 36.7 Å². The van der Waals surface area contributed by atoms with E-state index >= 15 is 0 Å². The molecule has 0 radical (unpaired) electrons. The molecule has 3 heteroatoms. The van der Waals surface area contributed by atoms with Gasteiger partial charge in [0.25, 0.3) is 5.00 Å². The lowest BCUT2D eigenvalue weighted by Gasteiger charge is -1.95. The van der Waals surface area contributed by atoms with E-state index in [1.807, 2.05) is 23.0 Å². The summed E-state index contributed by atoms with van der Waals surface area (Å²) >= 11 is 1.79. The van der Waals surface area contributed by atoms with Crippen LogP contribution in [0.1, 0.15) is 24.6 Å². The van der Waals surface area contributed by atoms with E-state index in [0.717, 1.165) is 0 Å². The van der Waals surface area contributed by atoms with E-state index in [1.165, 1.54) is 9.88 Å². The summed E-state index contributed by atoms with van der Waals surface area (Å²) in [5, 5.41) is 5.42. The van der Waals surface area contributed by atoms with Gasteiger partial charge in [-0.05, 0) is 27.8 Å². The zero-order valence-electron chi connectivity index (χ0n) is 8.34. The fraction of sp³-hybridized carbons (Fsp3) is 0.273. The van der Waals surface area contributed by atoms with Crippen LogP contribution in [-0.2, 0) is 0 Å². The van der Waals surface area contributed by atoms with Gasteiger partial charge in [-0.25, -0.2) is 0 Å². The van der Waals surface area contributed by atoms with Gasteiger partial charge in [0.2, 0.25) is 6.20 Å².